The molecule has 1 aliphatic carbocycles. The van der Waals surface area contributed by atoms with Crippen LogP contribution in [0.3, 0.4) is 0 Å². The molecule has 0 radical (unpaired) electrons. The van der Waals surface area contributed by atoms with Crippen molar-refractivity contribution >= 4 is 12.0 Å². The third-order valence-corrected chi connectivity index (χ3v) is 6.03. The van der Waals surface area contributed by atoms with Gasteiger partial charge in [-0.05, 0) is 77.1 Å². The highest BCUT2D eigenvalue weighted by Crippen LogP contribution is 2.31. The van der Waals surface area contributed by atoms with Crippen molar-refractivity contribution in [1.82, 2.24) is 24.6 Å². The zero-order valence-corrected chi connectivity index (χ0v) is 21.3. The minimum absolute atomic E-state index is 0.0907. The third-order valence-electron chi connectivity index (χ3n) is 6.03. The molecule has 0 unspecified atom stereocenters. The molecule has 1 fully saturated rings. The quantitative estimate of drug-likeness (QED) is 0.436. The Labute approximate surface area is 211 Å². The summed E-state index contributed by atoms with van der Waals surface area (Å²) in [4.78, 5) is 35.4. The van der Waals surface area contributed by atoms with Gasteiger partial charge in [-0.15, -0.1) is 0 Å². The number of amides is 1. The van der Waals surface area contributed by atoms with E-state index in [-0.39, 0.29) is 17.8 Å². The smallest absolute Gasteiger partial charge is 0.359 e. The van der Waals surface area contributed by atoms with E-state index in [0.717, 1.165) is 36.3 Å². The van der Waals surface area contributed by atoms with E-state index in [0.29, 0.717) is 19.0 Å². The Kier molecular flexibility index (Phi) is 7.67. The van der Waals surface area contributed by atoms with Gasteiger partial charge >= 0.3 is 12.0 Å². The summed E-state index contributed by atoms with van der Waals surface area (Å²) in [6, 6.07) is 11.0. The molecule has 1 aliphatic rings. The van der Waals surface area contributed by atoms with Crippen LogP contribution in [-0.2, 0) is 4.74 Å². The molecule has 1 amide bonds. The molecule has 2 heterocycles. The number of hydrogen-bond acceptors (Lipinski definition) is 7. The van der Waals surface area contributed by atoms with Crippen molar-refractivity contribution in [1.29, 1.82) is 0 Å². The lowest BCUT2D eigenvalue weighted by atomic mass is 10.1. The van der Waals surface area contributed by atoms with Crippen LogP contribution in [0.25, 0.3) is 11.3 Å². The molecule has 0 N–H and O–H groups in total. The summed E-state index contributed by atoms with van der Waals surface area (Å²) in [5, 5.41) is 4.16. The van der Waals surface area contributed by atoms with E-state index in [1.54, 1.807) is 31.9 Å². The van der Waals surface area contributed by atoms with Crippen LogP contribution in [0.2, 0.25) is 0 Å². The molecule has 0 bridgehead atoms. The van der Waals surface area contributed by atoms with Gasteiger partial charge in [-0.25, -0.2) is 19.6 Å². The van der Waals surface area contributed by atoms with Gasteiger partial charge in [0, 0.05) is 31.0 Å². The van der Waals surface area contributed by atoms with Crippen LogP contribution in [0.15, 0.2) is 55.1 Å². The maximum atomic E-state index is 13.1. The van der Waals surface area contributed by atoms with Crippen molar-refractivity contribution in [3.8, 4) is 17.0 Å². The van der Waals surface area contributed by atoms with Gasteiger partial charge in [0.2, 0.25) is 0 Å². The molecule has 0 aliphatic heterocycles. The van der Waals surface area contributed by atoms with Gasteiger partial charge in [0.25, 0.3) is 0 Å². The number of rotatable bonds is 7. The van der Waals surface area contributed by atoms with E-state index < -0.39 is 11.6 Å². The summed E-state index contributed by atoms with van der Waals surface area (Å²) in [5.74, 6) is 0.591. The number of ether oxygens (including phenoxy) is 2. The normalized spacial score (nSPS) is 17.6. The van der Waals surface area contributed by atoms with Crippen molar-refractivity contribution in [2.24, 2.45) is 5.92 Å². The number of esters is 1. The molecule has 36 heavy (non-hydrogen) atoms. The van der Waals surface area contributed by atoms with Crippen LogP contribution >= 0.6 is 0 Å². The first-order valence-corrected chi connectivity index (χ1v) is 12.3. The molecule has 2 atom stereocenters. The Morgan fingerprint density at radius 3 is 2.72 bits per heavy atom. The summed E-state index contributed by atoms with van der Waals surface area (Å²) < 4.78 is 12.8. The van der Waals surface area contributed by atoms with Crippen LogP contribution in [0.4, 0.5) is 4.79 Å². The van der Waals surface area contributed by atoms with Gasteiger partial charge < -0.3 is 14.4 Å². The first-order chi connectivity index (χ1) is 17.2. The Morgan fingerprint density at radius 2 is 2.00 bits per heavy atom. The van der Waals surface area contributed by atoms with E-state index in [4.69, 9.17) is 9.47 Å². The van der Waals surface area contributed by atoms with Gasteiger partial charge in [-0.1, -0.05) is 12.1 Å². The van der Waals surface area contributed by atoms with Gasteiger partial charge in [0.15, 0.2) is 5.69 Å². The van der Waals surface area contributed by atoms with Gasteiger partial charge in [0.1, 0.15) is 17.7 Å². The third kappa shape index (κ3) is 6.47. The fraction of sp³-hybridized carbons (Fsp3) is 0.444. The van der Waals surface area contributed by atoms with Gasteiger partial charge in [-0.2, -0.15) is 9.78 Å². The Hall–Kier alpha value is -3.75. The van der Waals surface area contributed by atoms with E-state index in [9.17, 15) is 9.59 Å². The molecule has 190 valence electrons. The molecule has 2 aromatic heterocycles. The standard InChI is InChI=1S/C27H33N5O4/c1-5-31(26(34)32-14-12-24(30-32)25(33)36-27(2,3)4)17-19-9-10-22(15-19)35-21-8-6-7-20(16-21)23-11-13-28-18-29-23/h6-8,11-14,16,18-19,22H,5,9-10,15,17H2,1-4H3/t19-,22-/m0/s1. The zero-order chi connectivity index (χ0) is 25.7. The Balaban J connectivity index is 1.33. The predicted molar refractivity (Wildman–Crippen MR) is 135 cm³/mol. The summed E-state index contributed by atoms with van der Waals surface area (Å²) in [7, 11) is 0. The summed E-state index contributed by atoms with van der Waals surface area (Å²) >= 11 is 0. The van der Waals surface area contributed by atoms with Crippen LogP contribution in [0, 0.1) is 5.92 Å². The van der Waals surface area contributed by atoms with Crippen LogP contribution in [0.5, 0.6) is 5.75 Å². The summed E-state index contributed by atoms with van der Waals surface area (Å²) in [6.07, 6.45) is 7.63. The molecule has 1 saturated carbocycles. The molecular weight excluding hydrogens is 458 g/mol. The van der Waals surface area contributed by atoms with Crippen molar-refractivity contribution in [3.05, 3.63) is 60.8 Å². The largest absolute Gasteiger partial charge is 0.490 e. The highest BCUT2D eigenvalue weighted by molar-refractivity contribution is 5.88. The fourth-order valence-corrected chi connectivity index (χ4v) is 4.35. The van der Waals surface area contributed by atoms with Crippen LogP contribution in [-0.4, -0.2) is 61.4 Å². The number of nitrogens with zero attached hydrogens (tertiary/aromatic N) is 5. The second-order valence-corrected chi connectivity index (χ2v) is 10.0. The Bertz CT molecular complexity index is 1190. The number of aromatic nitrogens is 4. The zero-order valence-electron chi connectivity index (χ0n) is 21.3. The lowest BCUT2D eigenvalue weighted by Crippen LogP contribution is -2.38. The van der Waals surface area contributed by atoms with Crippen molar-refractivity contribution in [2.75, 3.05) is 13.1 Å². The van der Waals surface area contributed by atoms with Crippen molar-refractivity contribution in [2.45, 2.75) is 58.7 Å². The number of carbonyl (C=O) groups excluding carboxylic acids is 2. The van der Waals surface area contributed by atoms with Crippen molar-refractivity contribution < 1.29 is 19.1 Å². The summed E-state index contributed by atoms with van der Waals surface area (Å²) in [6.45, 7) is 8.47. The SMILES string of the molecule is CCN(C[C@H]1CC[C@H](Oc2cccc(-c3ccncn3)c2)C1)C(=O)n1ccc(C(=O)OC(C)(C)C)n1. The number of carbonyl (C=O) groups is 2. The van der Waals surface area contributed by atoms with E-state index in [1.165, 1.54) is 23.3 Å². The van der Waals surface area contributed by atoms with Crippen molar-refractivity contribution in [3.63, 3.8) is 0 Å². The van der Waals surface area contributed by atoms with E-state index >= 15 is 0 Å². The maximum Gasteiger partial charge on any atom is 0.359 e. The van der Waals surface area contributed by atoms with E-state index in [2.05, 4.69) is 15.1 Å². The lowest BCUT2D eigenvalue weighted by Gasteiger charge is -2.24. The maximum absolute atomic E-state index is 13.1. The van der Waals surface area contributed by atoms with Crippen LogP contribution < -0.4 is 4.74 Å². The first-order valence-electron chi connectivity index (χ1n) is 12.3. The van der Waals surface area contributed by atoms with Crippen LogP contribution in [0.1, 0.15) is 57.4 Å². The van der Waals surface area contributed by atoms with Gasteiger partial charge in [-0.3, -0.25) is 0 Å². The summed E-state index contributed by atoms with van der Waals surface area (Å²) in [5.41, 5.74) is 1.33. The minimum Gasteiger partial charge on any atom is -0.490 e. The molecule has 4 rings (SSSR count). The number of benzene rings is 1. The minimum atomic E-state index is -0.626. The highest BCUT2D eigenvalue weighted by Gasteiger charge is 2.30. The molecule has 0 saturated heterocycles. The second kappa shape index (κ2) is 10.9. The Morgan fingerprint density at radius 1 is 1.17 bits per heavy atom. The average molecular weight is 492 g/mol. The molecular formula is C27H33N5O4. The lowest BCUT2D eigenvalue weighted by molar-refractivity contribution is 0.00623. The molecule has 0 spiro atoms. The molecule has 9 heteroatoms. The first kappa shape index (κ1) is 25.3. The molecule has 9 nitrogen and oxygen atoms in total. The highest BCUT2D eigenvalue weighted by atomic mass is 16.6. The molecule has 3 aromatic rings. The number of hydrogen-bond donors (Lipinski definition) is 0. The predicted octanol–water partition coefficient (Wildman–Crippen LogP) is 4.83. The topological polar surface area (TPSA) is 99.4 Å². The monoisotopic (exact) mass is 491 g/mol. The molecule has 1 aromatic carbocycles. The second-order valence-electron chi connectivity index (χ2n) is 10.0. The fourth-order valence-electron chi connectivity index (χ4n) is 4.35. The van der Waals surface area contributed by atoms with Gasteiger partial charge in [0.05, 0.1) is 11.8 Å². The van der Waals surface area contributed by atoms with E-state index in [1.807, 2.05) is 37.3 Å². The average Bonchev–Trinajstić information content (AvgIpc) is 3.52.